The maximum Gasteiger partial charge on any atom is 0.331 e. The molecule has 0 aliphatic carbocycles. The molecule has 0 saturated heterocycles. The maximum atomic E-state index is 13.0. The molecular formula is C22H25N3O3. The van der Waals surface area contributed by atoms with Crippen LogP contribution in [0.1, 0.15) is 26.3 Å². The van der Waals surface area contributed by atoms with Crippen molar-refractivity contribution in [1.82, 2.24) is 9.13 Å². The first-order valence-corrected chi connectivity index (χ1v) is 9.52. The fraction of sp³-hybridized carbons (Fsp3) is 0.318. The number of hydrogen-bond acceptors (Lipinski definition) is 3. The first kappa shape index (κ1) is 19.6. The third-order valence-electron chi connectivity index (χ3n) is 4.63. The molecule has 0 spiro atoms. The van der Waals surface area contributed by atoms with Gasteiger partial charge in [0.25, 0.3) is 5.56 Å². The molecule has 28 heavy (non-hydrogen) atoms. The van der Waals surface area contributed by atoms with Crippen LogP contribution in [0.25, 0.3) is 10.9 Å². The highest BCUT2D eigenvalue weighted by Gasteiger charge is 2.16. The van der Waals surface area contributed by atoms with Crippen molar-refractivity contribution in [3.8, 4) is 0 Å². The monoisotopic (exact) mass is 379 g/mol. The summed E-state index contributed by atoms with van der Waals surface area (Å²) in [6.07, 6.45) is 0.924. The third-order valence-corrected chi connectivity index (χ3v) is 4.63. The predicted octanol–water partition coefficient (Wildman–Crippen LogP) is 3.02. The molecular weight excluding hydrogens is 354 g/mol. The summed E-state index contributed by atoms with van der Waals surface area (Å²) in [7, 11) is 0. The van der Waals surface area contributed by atoms with E-state index >= 15 is 0 Å². The van der Waals surface area contributed by atoms with Crippen LogP contribution >= 0.6 is 0 Å². The number of carbonyl (C=O) groups excluding carboxylic acids is 1. The van der Waals surface area contributed by atoms with Gasteiger partial charge in [0.1, 0.15) is 6.54 Å². The van der Waals surface area contributed by atoms with Gasteiger partial charge in [-0.15, -0.1) is 0 Å². The minimum absolute atomic E-state index is 0.130. The Balaban J connectivity index is 1.98. The first-order valence-electron chi connectivity index (χ1n) is 9.52. The number of rotatable bonds is 6. The van der Waals surface area contributed by atoms with Crippen LogP contribution in [-0.2, 0) is 24.3 Å². The average Bonchev–Trinajstić information content (AvgIpc) is 2.69. The zero-order valence-electron chi connectivity index (χ0n) is 16.4. The number of carbonyl (C=O) groups is 1. The first-order chi connectivity index (χ1) is 13.4. The molecule has 1 aromatic heterocycles. The molecule has 0 atom stereocenters. The lowest BCUT2D eigenvalue weighted by Gasteiger charge is -2.15. The van der Waals surface area contributed by atoms with Crippen molar-refractivity contribution in [1.29, 1.82) is 0 Å². The summed E-state index contributed by atoms with van der Waals surface area (Å²) in [4.78, 5) is 38.3. The van der Waals surface area contributed by atoms with Gasteiger partial charge < -0.3 is 5.32 Å². The van der Waals surface area contributed by atoms with Crippen LogP contribution in [0, 0.1) is 5.92 Å². The van der Waals surface area contributed by atoms with E-state index in [9.17, 15) is 14.4 Å². The summed E-state index contributed by atoms with van der Waals surface area (Å²) < 4.78 is 2.59. The highest BCUT2D eigenvalue weighted by Crippen LogP contribution is 2.11. The van der Waals surface area contributed by atoms with Gasteiger partial charge in [0, 0.05) is 12.2 Å². The number of fused-ring (bicyclic) bond motifs is 1. The summed E-state index contributed by atoms with van der Waals surface area (Å²) in [5, 5.41) is 3.26. The molecule has 0 saturated carbocycles. The van der Waals surface area contributed by atoms with E-state index < -0.39 is 5.69 Å². The van der Waals surface area contributed by atoms with Gasteiger partial charge in [-0.25, -0.2) is 4.79 Å². The molecule has 1 amide bonds. The standard InChI is InChI=1S/C22H25N3O3/c1-4-16-9-11-17(12-10-16)23-20(26)14-24-19-8-6-5-7-18(19)21(27)25(22(24)28)13-15(2)3/h5-12,15H,4,13-14H2,1-3H3,(H,23,26). The molecule has 0 bridgehead atoms. The van der Waals surface area contributed by atoms with Crippen molar-refractivity contribution >= 4 is 22.5 Å². The molecule has 0 radical (unpaired) electrons. The number of nitrogens with zero attached hydrogens (tertiary/aromatic N) is 2. The Bertz CT molecular complexity index is 1110. The summed E-state index contributed by atoms with van der Waals surface area (Å²) in [6.45, 7) is 6.10. The van der Waals surface area contributed by atoms with Crippen molar-refractivity contribution in [2.45, 2.75) is 40.3 Å². The van der Waals surface area contributed by atoms with Crippen molar-refractivity contribution in [3.63, 3.8) is 0 Å². The van der Waals surface area contributed by atoms with Gasteiger partial charge in [-0.05, 0) is 42.2 Å². The zero-order valence-corrected chi connectivity index (χ0v) is 16.4. The van der Waals surface area contributed by atoms with Crippen LogP contribution in [0.5, 0.6) is 0 Å². The van der Waals surface area contributed by atoms with Crippen LogP contribution in [-0.4, -0.2) is 15.0 Å². The molecule has 0 unspecified atom stereocenters. The lowest BCUT2D eigenvalue weighted by molar-refractivity contribution is -0.116. The van der Waals surface area contributed by atoms with Crippen LogP contribution < -0.4 is 16.6 Å². The lowest BCUT2D eigenvalue weighted by Crippen LogP contribution is -2.42. The Hall–Kier alpha value is -3.15. The number of anilines is 1. The van der Waals surface area contributed by atoms with Crippen LogP contribution in [0.4, 0.5) is 5.69 Å². The number of aromatic nitrogens is 2. The van der Waals surface area contributed by atoms with Crippen molar-refractivity contribution in [2.24, 2.45) is 5.92 Å². The highest BCUT2D eigenvalue weighted by molar-refractivity contribution is 5.91. The number of para-hydroxylation sites is 1. The summed E-state index contributed by atoms with van der Waals surface area (Å²) in [6, 6.07) is 14.5. The summed E-state index contributed by atoms with van der Waals surface area (Å²) >= 11 is 0. The van der Waals surface area contributed by atoms with E-state index in [4.69, 9.17) is 0 Å². The molecule has 6 nitrogen and oxygen atoms in total. The van der Waals surface area contributed by atoms with E-state index in [1.54, 1.807) is 24.3 Å². The van der Waals surface area contributed by atoms with Gasteiger partial charge >= 0.3 is 5.69 Å². The normalized spacial score (nSPS) is 11.1. The lowest BCUT2D eigenvalue weighted by atomic mass is 10.1. The van der Waals surface area contributed by atoms with Gasteiger partial charge in [0.2, 0.25) is 5.91 Å². The molecule has 1 heterocycles. The molecule has 3 aromatic rings. The Kier molecular flexibility index (Phi) is 5.78. The summed E-state index contributed by atoms with van der Waals surface area (Å²) in [5.74, 6) is -0.183. The highest BCUT2D eigenvalue weighted by atomic mass is 16.2. The van der Waals surface area contributed by atoms with Crippen LogP contribution in [0.3, 0.4) is 0 Å². The molecule has 0 fully saturated rings. The maximum absolute atomic E-state index is 13.0. The number of aryl methyl sites for hydroxylation is 1. The fourth-order valence-corrected chi connectivity index (χ4v) is 3.22. The van der Waals surface area contributed by atoms with Gasteiger partial charge in [-0.3, -0.25) is 18.7 Å². The molecule has 3 rings (SSSR count). The minimum Gasteiger partial charge on any atom is -0.325 e. The molecule has 2 aromatic carbocycles. The second-order valence-electron chi connectivity index (χ2n) is 7.29. The average molecular weight is 379 g/mol. The minimum atomic E-state index is -0.464. The van der Waals surface area contributed by atoms with E-state index in [0.717, 1.165) is 6.42 Å². The van der Waals surface area contributed by atoms with Gasteiger partial charge in [-0.2, -0.15) is 0 Å². The molecule has 146 valence electrons. The van der Waals surface area contributed by atoms with Crippen molar-refractivity contribution in [2.75, 3.05) is 5.32 Å². The van der Waals surface area contributed by atoms with Crippen LogP contribution in [0.15, 0.2) is 58.1 Å². The molecule has 0 aliphatic rings. The summed E-state index contributed by atoms with van der Waals surface area (Å²) in [5.41, 5.74) is 1.54. The van der Waals surface area contributed by atoms with Crippen molar-refractivity contribution < 1.29 is 4.79 Å². The molecule has 1 N–H and O–H groups in total. The van der Waals surface area contributed by atoms with E-state index in [-0.39, 0.29) is 23.9 Å². The number of amides is 1. The fourth-order valence-electron chi connectivity index (χ4n) is 3.22. The van der Waals surface area contributed by atoms with E-state index in [2.05, 4.69) is 12.2 Å². The third kappa shape index (κ3) is 4.06. The Morgan fingerprint density at radius 1 is 1.00 bits per heavy atom. The van der Waals surface area contributed by atoms with Crippen molar-refractivity contribution in [3.05, 3.63) is 74.9 Å². The van der Waals surface area contributed by atoms with Gasteiger partial charge in [0.15, 0.2) is 0 Å². The van der Waals surface area contributed by atoms with E-state index in [0.29, 0.717) is 23.1 Å². The number of nitrogens with one attached hydrogen (secondary N) is 1. The predicted molar refractivity (Wildman–Crippen MR) is 112 cm³/mol. The molecule has 0 aliphatic heterocycles. The quantitative estimate of drug-likeness (QED) is 0.715. The van der Waals surface area contributed by atoms with E-state index in [1.807, 2.05) is 38.1 Å². The number of hydrogen-bond donors (Lipinski definition) is 1. The van der Waals surface area contributed by atoms with Gasteiger partial charge in [0.05, 0.1) is 10.9 Å². The molecule has 6 heteroatoms. The number of benzene rings is 2. The Labute approximate surface area is 163 Å². The van der Waals surface area contributed by atoms with Gasteiger partial charge in [-0.1, -0.05) is 45.0 Å². The second kappa shape index (κ2) is 8.25. The topological polar surface area (TPSA) is 73.1 Å². The van der Waals surface area contributed by atoms with E-state index in [1.165, 1.54) is 14.7 Å². The Morgan fingerprint density at radius 2 is 1.68 bits per heavy atom. The Morgan fingerprint density at radius 3 is 2.32 bits per heavy atom. The smallest absolute Gasteiger partial charge is 0.325 e. The van der Waals surface area contributed by atoms with Crippen LogP contribution in [0.2, 0.25) is 0 Å². The zero-order chi connectivity index (χ0) is 20.3. The largest absolute Gasteiger partial charge is 0.331 e. The second-order valence-corrected chi connectivity index (χ2v) is 7.29. The SMILES string of the molecule is CCc1ccc(NC(=O)Cn2c(=O)n(CC(C)C)c(=O)c3ccccc32)cc1.